The number of nitrogens with zero attached hydrogens (tertiary/aromatic N) is 1. The Hall–Kier alpha value is -3.48. The molecule has 1 rings (SSSR count). The zero-order valence-electron chi connectivity index (χ0n) is 20.4. The quantitative estimate of drug-likeness (QED) is 0.164. The molecule has 196 valence electrons. The molecule has 0 spiro atoms. The normalized spacial score (nSPS) is 14.6. The minimum atomic E-state index is -1.35. The molecule has 0 saturated heterocycles. The first-order valence-corrected chi connectivity index (χ1v) is 11.4. The van der Waals surface area contributed by atoms with Gasteiger partial charge in [0.25, 0.3) is 0 Å². The maximum atomic E-state index is 13.0. The number of hydrogen-bond donors (Lipinski definition) is 7. The minimum Gasteiger partial charge on any atom is -0.481 e. The van der Waals surface area contributed by atoms with Crippen molar-refractivity contribution in [1.82, 2.24) is 25.9 Å². The Morgan fingerprint density at radius 1 is 0.971 bits per heavy atom. The van der Waals surface area contributed by atoms with Gasteiger partial charge in [0.05, 0.1) is 12.4 Å². The number of imidazole rings is 1. The second kappa shape index (κ2) is 14.0. The van der Waals surface area contributed by atoms with Gasteiger partial charge in [-0.25, -0.2) is 9.78 Å². The van der Waals surface area contributed by atoms with Crippen molar-refractivity contribution >= 4 is 29.7 Å². The van der Waals surface area contributed by atoms with Crippen molar-refractivity contribution in [3.63, 3.8) is 0 Å². The van der Waals surface area contributed by atoms with E-state index in [1.165, 1.54) is 12.5 Å². The Morgan fingerprint density at radius 3 is 2.09 bits per heavy atom. The molecule has 4 unspecified atom stereocenters. The first-order chi connectivity index (χ1) is 16.3. The van der Waals surface area contributed by atoms with Crippen molar-refractivity contribution in [3.05, 3.63) is 18.2 Å². The molecule has 13 nitrogen and oxygen atoms in total. The summed E-state index contributed by atoms with van der Waals surface area (Å²) in [6.45, 7) is 7.19. The van der Waals surface area contributed by atoms with Crippen LogP contribution in [0.4, 0.5) is 0 Å². The van der Waals surface area contributed by atoms with E-state index >= 15 is 0 Å². The summed E-state index contributed by atoms with van der Waals surface area (Å²) in [5.74, 6) is -4.83. The molecule has 1 aromatic rings. The molecule has 0 aromatic carbocycles. The molecule has 8 N–H and O–H groups in total. The first kappa shape index (κ1) is 29.6. The number of carboxylic acid groups (broad SMARTS) is 2. The summed E-state index contributed by atoms with van der Waals surface area (Å²) in [5.41, 5.74) is 6.36. The summed E-state index contributed by atoms with van der Waals surface area (Å²) in [7, 11) is 0. The second-order valence-corrected chi connectivity index (χ2v) is 9.14. The Balaban J connectivity index is 2.97. The topological polar surface area (TPSA) is 217 Å². The third-order valence-electron chi connectivity index (χ3n) is 5.18. The van der Waals surface area contributed by atoms with Crippen LogP contribution in [0, 0.1) is 11.8 Å². The van der Waals surface area contributed by atoms with E-state index in [0.29, 0.717) is 12.1 Å². The van der Waals surface area contributed by atoms with Crippen LogP contribution in [0.25, 0.3) is 0 Å². The Kier molecular flexibility index (Phi) is 11.9. The number of carboxylic acids is 2. The molecule has 1 heterocycles. The number of amides is 3. The number of nitrogens with two attached hydrogens (primary N) is 1. The van der Waals surface area contributed by atoms with Gasteiger partial charge in [-0.05, 0) is 24.7 Å². The molecule has 0 bridgehead atoms. The Bertz CT molecular complexity index is 872. The molecule has 0 aliphatic rings. The van der Waals surface area contributed by atoms with Crippen LogP contribution in [-0.4, -0.2) is 74.0 Å². The summed E-state index contributed by atoms with van der Waals surface area (Å²) in [6.07, 6.45) is 2.35. The molecule has 35 heavy (non-hydrogen) atoms. The van der Waals surface area contributed by atoms with Crippen molar-refractivity contribution in [2.75, 3.05) is 0 Å². The lowest BCUT2D eigenvalue weighted by atomic mass is 9.99. The summed E-state index contributed by atoms with van der Waals surface area (Å²) in [6, 6.07) is -4.55. The van der Waals surface area contributed by atoms with Gasteiger partial charge in [-0.15, -0.1) is 0 Å². The van der Waals surface area contributed by atoms with Crippen molar-refractivity contribution in [1.29, 1.82) is 0 Å². The van der Waals surface area contributed by atoms with Gasteiger partial charge >= 0.3 is 11.9 Å². The number of rotatable bonds is 15. The first-order valence-electron chi connectivity index (χ1n) is 11.4. The molecule has 0 radical (unpaired) electrons. The van der Waals surface area contributed by atoms with Crippen LogP contribution in [-0.2, 0) is 30.4 Å². The summed E-state index contributed by atoms with van der Waals surface area (Å²) in [4.78, 5) is 67.6. The van der Waals surface area contributed by atoms with Crippen LogP contribution in [0.5, 0.6) is 0 Å². The van der Waals surface area contributed by atoms with Gasteiger partial charge in [0, 0.05) is 24.7 Å². The number of aromatic amines is 1. The van der Waals surface area contributed by atoms with Gasteiger partial charge in [0.2, 0.25) is 17.7 Å². The standard InChI is InChI=1S/C22H36N6O7/c1-11(2)7-14(23)19(31)28-18(12(3)4)21(33)26-15(5-6-17(29)30)20(32)27-16(22(34)35)8-13-9-24-10-25-13/h9-12,14-16,18H,5-8,23H2,1-4H3,(H,24,25)(H,26,33)(H,27,32)(H,28,31)(H,29,30)(H,34,35). The highest BCUT2D eigenvalue weighted by molar-refractivity contribution is 5.94. The number of nitrogens with one attached hydrogen (secondary N) is 4. The van der Waals surface area contributed by atoms with E-state index in [4.69, 9.17) is 10.8 Å². The molecular weight excluding hydrogens is 460 g/mol. The van der Waals surface area contributed by atoms with Crippen molar-refractivity contribution in [2.45, 2.75) is 77.5 Å². The van der Waals surface area contributed by atoms with Gasteiger partial charge in [-0.2, -0.15) is 0 Å². The second-order valence-electron chi connectivity index (χ2n) is 9.14. The molecule has 3 amide bonds. The number of carbonyl (C=O) groups excluding carboxylic acids is 3. The monoisotopic (exact) mass is 496 g/mol. The van der Waals surface area contributed by atoms with E-state index in [2.05, 4.69) is 25.9 Å². The van der Waals surface area contributed by atoms with Crippen LogP contribution in [0.3, 0.4) is 0 Å². The number of H-pyrrole nitrogens is 1. The molecule has 0 aliphatic carbocycles. The van der Waals surface area contributed by atoms with Crippen LogP contribution in [0.2, 0.25) is 0 Å². The summed E-state index contributed by atoms with van der Waals surface area (Å²) >= 11 is 0. The fraction of sp³-hybridized carbons (Fsp3) is 0.636. The number of hydrogen-bond acceptors (Lipinski definition) is 7. The van der Waals surface area contributed by atoms with Gasteiger partial charge in [-0.3, -0.25) is 19.2 Å². The van der Waals surface area contributed by atoms with E-state index < -0.39 is 60.2 Å². The lowest BCUT2D eigenvalue weighted by Crippen LogP contribution is -2.58. The third kappa shape index (κ3) is 10.5. The van der Waals surface area contributed by atoms with Gasteiger partial charge in [0.15, 0.2) is 0 Å². The van der Waals surface area contributed by atoms with Gasteiger partial charge < -0.3 is 36.9 Å². The van der Waals surface area contributed by atoms with Crippen molar-refractivity contribution in [2.24, 2.45) is 17.6 Å². The van der Waals surface area contributed by atoms with E-state index in [1.54, 1.807) is 13.8 Å². The highest BCUT2D eigenvalue weighted by Gasteiger charge is 2.32. The highest BCUT2D eigenvalue weighted by Crippen LogP contribution is 2.08. The Labute approximate surface area is 203 Å². The fourth-order valence-electron chi connectivity index (χ4n) is 3.30. The molecule has 1 aromatic heterocycles. The molecule has 13 heteroatoms. The largest absolute Gasteiger partial charge is 0.481 e. The minimum absolute atomic E-state index is 0.0981. The average molecular weight is 497 g/mol. The highest BCUT2D eigenvalue weighted by atomic mass is 16.4. The zero-order valence-corrected chi connectivity index (χ0v) is 20.4. The lowest BCUT2D eigenvalue weighted by molar-refractivity contribution is -0.143. The number of carbonyl (C=O) groups is 5. The predicted octanol–water partition coefficient (Wildman–Crippen LogP) is -0.615. The van der Waals surface area contributed by atoms with Crippen LogP contribution in [0.15, 0.2) is 12.5 Å². The average Bonchev–Trinajstić information content (AvgIpc) is 3.26. The fourth-order valence-corrected chi connectivity index (χ4v) is 3.30. The smallest absolute Gasteiger partial charge is 0.326 e. The van der Waals surface area contributed by atoms with E-state index in [1.807, 2.05) is 13.8 Å². The zero-order chi connectivity index (χ0) is 26.7. The summed E-state index contributed by atoms with van der Waals surface area (Å²) in [5, 5.41) is 25.9. The van der Waals surface area contributed by atoms with Crippen molar-refractivity contribution in [3.8, 4) is 0 Å². The lowest BCUT2D eigenvalue weighted by Gasteiger charge is -2.27. The van der Waals surface area contributed by atoms with E-state index in [9.17, 15) is 29.1 Å². The molecular formula is C22H36N6O7. The van der Waals surface area contributed by atoms with E-state index in [0.717, 1.165) is 0 Å². The van der Waals surface area contributed by atoms with Crippen LogP contribution in [0.1, 0.15) is 52.7 Å². The van der Waals surface area contributed by atoms with E-state index in [-0.39, 0.29) is 24.7 Å². The Morgan fingerprint density at radius 2 is 1.60 bits per heavy atom. The maximum absolute atomic E-state index is 13.0. The third-order valence-corrected chi connectivity index (χ3v) is 5.18. The summed E-state index contributed by atoms with van der Waals surface area (Å²) < 4.78 is 0. The van der Waals surface area contributed by atoms with Crippen LogP contribution >= 0.6 is 0 Å². The van der Waals surface area contributed by atoms with Crippen LogP contribution < -0.4 is 21.7 Å². The van der Waals surface area contributed by atoms with Gasteiger partial charge in [-0.1, -0.05) is 27.7 Å². The van der Waals surface area contributed by atoms with Gasteiger partial charge in [0.1, 0.15) is 18.1 Å². The molecule has 4 atom stereocenters. The number of aliphatic carboxylic acids is 2. The SMILES string of the molecule is CC(C)CC(N)C(=O)NC(C(=O)NC(CCC(=O)O)C(=O)NC(Cc1cnc[nH]1)C(=O)O)C(C)C. The molecule has 0 fully saturated rings. The predicted molar refractivity (Wildman–Crippen MR) is 125 cm³/mol. The number of aromatic nitrogens is 2. The maximum Gasteiger partial charge on any atom is 0.326 e. The van der Waals surface area contributed by atoms with Crippen molar-refractivity contribution < 1.29 is 34.2 Å². The molecule has 0 saturated carbocycles. The molecule has 0 aliphatic heterocycles.